The summed E-state index contributed by atoms with van der Waals surface area (Å²) < 4.78 is 0. The predicted molar refractivity (Wildman–Crippen MR) is 55.8 cm³/mol. The minimum Gasteiger partial charge on any atom is -0.397 e. The minimum absolute atomic E-state index is 0.776. The molecule has 0 spiro atoms. The molecule has 2 aromatic rings. The molecule has 0 fully saturated rings. The highest BCUT2D eigenvalue weighted by Gasteiger charge is 1.97. The van der Waals surface area contributed by atoms with E-state index in [1.165, 1.54) is 4.90 Å². The maximum absolute atomic E-state index is 5.59. The van der Waals surface area contributed by atoms with Gasteiger partial charge in [0.2, 0.25) is 0 Å². The molecule has 0 bridgehead atoms. The molecule has 3 N–H and O–H groups in total. The average Bonchev–Trinajstić information content (AvgIpc) is 2.53. The molecule has 0 aliphatic rings. The zero-order valence-electron chi connectivity index (χ0n) is 7.03. The van der Waals surface area contributed by atoms with Gasteiger partial charge in [0, 0.05) is 11.1 Å². The second-order valence-corrected chi connectivity index (χ2v) is 3.83. The molecule has 66 valence electrons. The van der Waals surface area contributed by atoms with Crippen LogP contribution in [0.1, 0.15) is 0 Å². The summed E-state index contributed by atoms with van der Waals surface area (Å²) in [6, 6.07) is 12.1. The van der Waals surface area contributed by atoms with Crippen molar-refractivity contribution in [1.29, 1.82) is 0 Å². The standard InChI is InChI=1S/C10H10N2S/c11-8-6-10(12-7-8)13-9-4-2-1-3-5-9/h1-7,12H,11H2. The molecule has 0 radical (unpaired) electrons. The van der Waals surface area contributed by atoms with Crippen molar-refractivity contribution in [1.82, 2.24) is 4.98 Å². The first kappa shape index (κ1) is 8.26. The summed E-state index contributed by atoms with van der Waals surface area (Å²) in [4.78, 5) is 4.30. The highest BCUT2D eigenvalue weighted by Crippen LogP contribution is 2.26. The highest BCUT2D eigenvalue weighted by molar-refractivity contribution is 7.99. The van der Waals surface area contributed by atoms with Crippen LogP contribution in [-0.2, 0) is 0 Å². The first-order valence-corrected chi connectivity index (χ1v) is 4.83. The van der Waals surface area contributed by atoms with Crippen molar-refractivity contribution in [3.05, 3.63) is 42.6 Å². The van der Waals surface area contributed by atoms with Gasteiger partial charge in [-0.2, -0.15) is 0 Å². The Kier molecular flexibility index (Phi) is 2.27. The summed E-state index contributed by atoms with van der Waals surface area (Å²) >= 11 is 1.67. The minimum atomic E-state index is 0.776. The van der Waals surface area contributed by atoms with E-state index in [-0.39, 0.29) is 0 Å². The normalized spacial score (nSPS) is 10.2. The van der Waals surface area contributed by atoms with E-state index in [1.54, 1.807) is 18.0 Å². The van der Waals surface area contributed by atoms with Crippen LogP contribution in [0.3, 0.4) is 0 Å². The summed E-state index contributed by atoms with van der Waals surface area (Å²) in [6.45, 7) is 0. The van der Waals surface area contributed by atoms with Crippen molar-refractivity contribution < 1.29 is 0 Å². The topological polar surface area (TPSA) is 41.8 Å². The van der Waals surface area contributed by atoms with Crippen LogP contribution >= 0.6 is 11.8 Å². The van der Waals surface area contributed by atoms with E-state index in [4.69, 9.17) is 5.73 Å². The molecule has 0 atom stereocenters. The molecular weight excluding hydrogens is 180 g/mol. The second kappa shape index (κ2) is 3.58. The summed E-state index contributed by atoms with van der Waals surface area (Å²) in [5.74, 6) is 0. The molecule has 0 aliphatic carbocycles. The number of hydrogen-bond acceptors (Lipinski definition) is 2. The van der Waals surface area contributed by atoms with Gasteiger partial charge >= 0.3 is 0 Å². The number of hydrogen-bond donors (Lipinski definition) is 2. The van der Waals surface area contributed by atoms with Crippen LogP contribution < -0.4 is 5.73 Å². The van der Waals surface area contributed by atoms with E-state index in [2.05, 4.69) is 17.1 Å². The van der Waals surface area contributed by atoms with Crippen molar-refractivity contribution in [2.45, 2.75) is 9.92 Å². The van der Waals surface area contributed by atoms with Gasteiger partial charge in [0.25, 0.3) is 0 Å². The molecule has 0 saturated heterocycles. The lowest BCUT2D eigenvalue weighted by Crippen LogP contribution is -1.75. The van der Waals surface area contributed by atoms with Gasteiger partial charge in [-0.25, -0.2) is 0 Å². The fourth-order valence-corrected chi connectivity index (χ4v) is 1.92. The number of nitrogens with one attached hydrogen (secondary N) is 1. The Morgan fingerprint density at radius 2 is 1.92 bits per heavy atom. The molecular formula is C10H10N2S. The molecule has 3 heteroatoms. The fourth-order valence-electron chi connectivity index (χ4n) is 1.06. The van der Waals surface area contributed by atoms with Gasteiger partial charge in [-0.15, -0.1) is 0 Å². The first-order chi connectivity index (χ1) is 6.34. The highest BCUT2D eigenvalue weighted by atomic mass is 32.2. The Balaban J connectivity index is 2.15. The van der Waals surface area contributed by atoms with Crippen molar-refractivity contribution in [3.8, 4) is 0 Å². The molecule has 0 aliphatic heterocycles. The van der Waals surface area contributed by atoms with E-state index >= 15 is 0 Å². The van der Waals surface area contributed by atoms with E-state index in [0.29, 0.717) is 0 Å². The van der Waals surface area contributed by atoms with Crippen molar-refractivity contribution in [2.24, 2.45) is 0 Å². The zero-order valence-corrected chi connectivity index (χ0v) is 7.84. The van der Waals surface area contributed by atoms with Crippen molar-refractivity contribution in [3.63, 3.8) is 0 Å². The van der Waals surface area contributed by atoms with Crippen LogP contribution in [0.15, 0.2) is 52.5 Å². The number of H-pyrrole nitrogens is 1. The maximum Gasteiger partial charge on any atom is 0.0791 e. The van der Waals surface area contributed by atoms with Gasteiger partial charge in [0.15, 0.2) is 0 Å². The van der Waals surface area contributed by atoms with Crippen molar-refractivity contribution >= 4 is 17.4 Å². The van der Waals surface area contributed by atoms with E-state index in [0.717, 1.165) is 10.7 Å². The van der Waals surface area contributed by atoms with Crippen LogP contribution in [0.4, 0.5) is 5.69 Å². The van der Waals surface area contributed by atoms with E-state index in [9.17, 15) is 0 Å². The number of anilines is 1. The number of aromatic amines is 1. The Bertz CT molecular complexity index is 381. The van der Waals surface area contributed by atoms with Gasteiger partial charge in [-0.05, 0) is 18.2 Å². The number of benzene rings is 1. The number of nitrogen functional groups attached to an aromatic ring is 1. The number of rotatable bonds is 2. The number of aromatic nitrogens is 1. The molecule has 1 aromatic heterocycles. The third-order valence-electron chi connectivity index (χ3n) is 1.65. The Morgan fingerprint density at radius 1 is 1.15 bits per heavy atom. The second-order valence-electron chi connectivity index (χ2n) is 2.71. The Morgan fingerprint density at radius 3 is 2.54 bits per heavy atom. The first-order valence-electron chi connectivity index (χ1n) is 4.01. The van der Waals surface area contributed by atoms with Crippen molar-refractivity contribution in [2.75, 3.05) is 5.73 Å². The number of nitrogens with two attached hydrogens (primary N) is 1. The molecule has 0 unspecified atom stereocenters. The average molecular weight is 190 g/mol. The third kappa shape index (κ3) is 2.06. The lowest BCUT2D eigenvalue weighted by Gasteiger charge is -1.96. The molecule has 13 heavy (non-hydrogen) atoms. The van der Waals surface area contributed by atoms with Crippen LogP contribution in [0.25, 0.3) is 0 Å². The van der Waals surface area contributed by atoms with Crippen LogP contribution in [0, 0.1) is 0 Å². The van der Waals surface area contributed by atoms with Crippen LogP contribution in [0.5, 0.6) is 0 Å². The van der Waals surface area contributed by atoms with Gasteiger partial charge in [0.1, 0.15) is 0 Å². The SMILES string of the molecule is Nc1c[nH]c(Sc2ccccc2)c1. The Labute approximate surface area is 81.2 Å². The fraction of sp³-hybridized carbons (Fsp3) is 0. The molecule has 0 saturated carbocycles. The zero-order chi connectivity index (χ0) is 9.10. The predicted octanol–water partition coefficient (Wildman–Crippen LogP) is 2.75. The largest absolute Gasteiger partial charge is 0.397 e. The lowest BCUT2D eigenvalue weighted by atomic mass is 10.4. The van der Waals surface area contributed by atoms with Gasteiger partial charge in [-0.3, -0.25) is 0 Å². The monoisotopic (exact) mass is 190 g/mol. The van der Waals surface area contributed by atoms with Crippen LogP contribution in [0.2, 0.25) is 0 Å². The molecule has 1 heterocycles. The van der Waals surface area contributed by atoms with Crippen LogP contribution in [-0.4, -0.2) is 4.98 Å². The molecule has 0 amide bonds. The molecule has 2 rings (SSSR count). The smallest absolute Gasteiger partial charge is 0.0791 e. The third-order valence-corrected chi connectivity index (χ3v) is 2.61. The summed E-state index contributed by atoms with van der Waals surface area (Å²) in [5.41, 5.74) is 6.36. The van der Waals surface area contributed by atoms with Gasteiger partial charge < -0.3 is 10.7 Å². The maximum atomic E-state index is 5.59. The van der Waals surface area contributed by atoms with Gasteiger partial charge in [-0.1, -0.05) is 30.0 Å². The summed E-state index contributed by atoms with van der Waals surface area (Å²) in [5, 5.41) is 1.07. The summed E-state index contributed by atoms with van der Waals surface area (Å²) in [7, 11) is 0. The molecule has 2 nitrogen and oxygen atoms in total. The molecule has 1 aromatic carbocycles. The summed E-state index contributed by atoms with van der Waals surface area (Å²) in [6.07, 6.45) is 1.80. The van der Waals surface area contributed by atoms with E-state index in [1.807, 2.05) is 24.3 Å². The Hall–Kier alpha value is -1.35. The lowest BCUT2D eigenvalue weighted by molar-refractivity contribution is 1.20. The van der Waals surface area contributed by atoms with E-state index < -0.39 is 0 Å². The quantitative estimate of drug-likeness (QED) is 0.764. The van der Waals surface area contributed by atoms with Gasteiger partial charge in [0.05, 0.1) is 10.7 Å².